The van der Waals surface area contributed by atoms with Gasteiger partial charge in [0.25, 0.3) is 0 Å². The Labute approximate surface area is 188 Å². The van der Waals surface area contributed by atoms with Crippen LogP contribution < -0.4 is 14.9 Å². The van der Waals surface area contributed by atoms with Gasteiger partial charge in [-0.25, -0.2) is 12.8 Å². The van der Waals surface area contributed by atoms with Crippen molar-refractivity contribution in [1.82, 2.24) is 5.32 Å². The minimum atomic E-state index is -3.33. The third-order valence-corrected chi connectivity index (χ3v) is 5.49. The molecule has 32 heavy (non-hydrogen) atoms. The first kappa shape index (κ1) is 23.7. The molecule has 0 saturated carbocycles. The molecule has 1 aliphatic heterocycles. The van der Waals surface area contributed by atoms with Crippen LogP contribution in [-0.2, 0) is 26.1 Å². The second-order valence-corrected chi connectivity index (χ2v) is 9.74. The van der Waals surface area contributed by atoms with Gasteiger partial charge in [-0.2, -0.15) is 0 Å². The van der Waals surface area contributed by atoms with Gasteiger partial charge in [-0.3, -0.25) is 9.52 Å². The van der Waals surface area contributed by atoms with Gasteiger partial charge >= 0.3 is 0 Å². The van der Waals surface area contributed by atoms with E-state index < -0.39 is 10.0 Å². The second-order valence-electron chi connectivity index (χ2n) is 8.00. The van der Waals surface area contributed by atoms with E-state index in [2.05, 4.69) is 10.0 Å². The smallest absolute Gasteiger partial charge is 0.244 e. The van der Waals surface area contributed by atoms with Crippen LogP contribution in [0.3, 0.4) is 0 Å². The Balaban J connectivity index is 1.54. The Morgan fingerprint density at radius 3 is 2.41 bits per heavy atom. The third kappa shape index (κ3) is 7.06. The fraction of sp³-hybridized carbons (Fsp3) is 0.348. The van der Waals surface area contributed by atoms with Crippen LogP contribution in [0.15, 0.2) is 48.5 Å². The first-order valence-electron chi connectivity index (χ1n) is 10.3. The van der Waals surface area contributed by atoms with Crippen LogP contribution in [-0.4, -0.2) is 45.9 Å². The van der Waals surface area contributed by atoms with Crippen LogP contribution in [0.25, 0.3) is 6.08 Å². The molecular formula is C23H28FN3O4S. The van der Waals surface area contributed by atoms with Crippen molar-refractivity contribution in [3.63, 3.8) is 0 Å². The van der Waals surface area contributed by atoms with Gasteiger partial charge < -0.3 is 15.0 Å². The Kier molecular flexibility index (Phi) is 7.52. The highest BCUT2D eigenvalue weighted by Gasteiger charge is 2.24. The molecule has 0 spiro atoms. The quantitative estimate of drug-likeness (QED) is 0.619. The van der Waals surface area contributed by atoms with E-state index in [1.807, 2.05) is 18.7 Å². The summed E-state index contributed by atoms with van der Waals surface area (Å²) in [6, 6.07) is 11.6. The highest BCUT2D eigenvalue weighted by atomic mass is 32.2. The maximum absolute atomic E-state index is 14.7. The monoisotopic (exact) mass is 461 g/mol. The maximum Gasteiger partial charge on any atom is 0.244 e. The highest BCUT2D eigenvalue weighted by molar-refractivity contribution is 7.92. The molecule has 2 aromatic carbocycles. The lowest BCUT2D eigenvalue weighted by atomic mass is 10.1. The number of nitrogens with one attached hydrogen (secondary N) is 2. The molecule has 7 nitrogen and oxygen atoms in total. The van der Waals surface area contributed by atoms with Gasteiger partial charge in [0.1, 0.15) is 5.82 Å². The molecule has 0 aliphatic carbocycles. The highest BCUT2D eigenvalue weighted by Crippen LogP contribution is 2.24. The number of benzene rings is 2. The summed E-state index contributed by atoms with van der Waals surface area (Å²) in [5, 5.41) is 2.73. The fourth-order valence-electron chi connectivity index (χ4n) is 3.59. The number of hydrogen-bond donors (Lipinski definition) is 2. The van der Waals surface area contributed by atoms with E-state index in [4.69, 9.17) is 4.74 Å². The molecule has 2 N–H and O–H groups in total. The Hall–Kier alpha value is -2.91. The molecule has 3 rings (SSSR count). The summed E-state index contributed by atoms with van der Waals surface area (Å²) in [6.07, 6.45) is 4.14. The van der Waals surface area contributed by atoms with Crippen LogP contribution in [0.5, 0.6) is 0 Å². The fourth-order valence-corrected chi connectivity index (χ4v) is 4.15. The van der Waals surface area contributed by atoms with E-state index in [-0.39, 0.29) is 30.5 Å². The first-order valence-corrected chi connectivity index (χ1v) is 12.2. The van der Waals surface area contributed by atoms with Gasteiger partial charge in [0, 0.05) is 31.4 Å². The number of ether oxygens (including phenoxy) is 1. The number of halogens is 1. The molecule has 1 heterocycles. The van der Waals surface area contributed by atoms with Crippen molar-refractivity contribution in [3.05, 3.63) is 65.5 Å². The number of hydrogen-bond acceptors (Lipinski definition) is 5. The van der Waals surface area contributed by atoms with Crippen molar-refractivity contribution < 1.29 is 22.3 Å². The van der Waals surface area contributed by atoms with Crippen LogP contribution in [0, 0.1) is 5.82 Å². The van der Waals surface area contributed by atoms with Crippen LogP contribution in [0.4, 0.5) is 15.8 Å². The van der Waals surface area contributed by atoms with Crippen molar-refractivity contribution in [2.45, 2.75) is 32.6 Å². The predicted octanol–water partition coefficient (Wildman–Crippen LogP) is 3.14. The van der Waals surface area contributed by atoms with Gasteiger partial charge in [-0.15, -0.1) is 0 Å². The molecule has 2 aromatic rings. The van der Waals surface area contributed by atoms with Crippen molar-refractivity contribution in [3.8, 4) is 0 Å². The van der Waals surface area contributed by atoms with E-state index >= 15 is 0 Å². The molecule has 0 bridgehead atoms. The number of rotatable bonds is 7. The zero-order chi connectivity index (χ0) is 23.3. The van der Waals surface area contributed by atoms with E-state index in [1.54, 1.807) is 42.5 Å². The SMILES string of the molecule is CC1CN(c2ccc(CNC(=O)/C=C/c3ccc(NS(C)(=O)=O)cc3)cc2F)CC(C)O1. The van der Waals surface area contributed by atoms with Gasteiger partial charge in [0.2, 0.25) is 15.9 Å². The lowest BCUT2D eigenvalue weighted by Crippen LogP contribution is -2.45. The van der Waals surface area contributed by atoms with Crippen LogP contribution >= 0.6 is 0 Å². The zero-order valence-electron chi connectivity index (χ0n) is 18.3. The van der Waals surface area contributed by atoms with E-state index in [9.17, 15) is 17.6 Å². The minimum absolute atomic E-state index is 0.0380. The normalized spacial score (nSPS) is 19.2. The summed E-state index contributed by atoms with van der Waals surface area (Å²) in [7, 11) is -3.33. The standard InChI is InChI=1S/C23H28FN3O4S/c1-16-14-27(15-17(2)31-16)22-10-6-19(12-21(22)24)13-25-23(28)11-7-18-4-8-20(9-5-18)26-32(3,29)30/h4-12,16-17,26H,13-15H2,1-3H3,(H,25,28)/b11-7+. The molecule has 2 unspecified atom stereocenters. The predicted molar refractivity (Wildman–Crippen MR) is 124 cm³/mol. The molecule has 172 valence electrons. The summed E-state index contributed by atoms with van der Waals surface area (Å²) < 4.78 is 45.2. The van der Waals surface area contributed by atoms with Crippen molar-refractivity contribution in [1.29, 1.82) is 0 Å². The maximum atomic E-state index is 14.7. The number of nitrogens with zero attached hydrogens (tertiary/aromatic N) is 1. The van der Waals surface area contributed by atoms with E-state index in [0.29, 0.717) is 30.0 Å². The zero-order valence-corrected chi connectivity index (χ0v) is 19.2. The van der Waals surface area contributed by atoms with Gasteiger partial charge in [-0.05, 0) is 55.3 Å². The van der Waals surface area contributed by atoms with E-state index in [1.165, 1.54) is 12.1 Å². The Bertz CT molecular complexity index is 1080. The minimum Gasteiger partial charge on any atom is -0.372 e. The van der Waals surface area contributed by atoms with Crippen molar-refractivity contribution >= 4 is 33.4 Å². The molecule has 0 radical (unpaired) electrons. The average molecular weight is 462 g/mol. The van der Waals surface area contributed by atoms with Crippen molar-refractivity contribution in [2.24, 2.45) is 0 Å². The Morgan fingerprint density at radius 1 is 1.16 bits per heavy atom. The Morgan fingerprint density at radius 2 is 1.81 bits per heavy atom. The molecule has 1 aliphatic rings. The molecular weight excluding hydrogens is 433 g/mol. The van der Waals surface area contributed by atoms with Gasteiger partial charge in [0.15, 0.2) is 0 Å². The largest absolute Gasteiger partial charge is 0.372 e. The summed E-state index contributed by atoms with van der Waals surface area (Å²) in [5.41, 5.74) is 2.39. The molecule has 9 heteroatoms. The number of sulfonamides is 1. The summed E-state index contributed by atoms with van der Waals surface area (Å²) >= 11 is 0. The average Bonchev–Trinajstić information content (AvgIpc) is 2.70. The van der Waals surface area contributed by atoms with Crippen LogP contribution in [0.1, 0.15) is 25.0 Å². The molecule has 1 fully saturated rings. The molecule has 2 atom stereocenters. The van der Waals surface area contributed by atoms with Crippen LogP contribution in [0.2, 0.25) is 0 Å². The number of morpholine rings is 1. The lowest BCUT2D eigenvalue weighted by molar-refractivity contribution is -0.116. The number of carbonyl (C=O) groups excluding carboxylic acids is 1. The number of anilines is 2. The summed E-state index contributed by atoms with van der Waals surface area (Å²) in [6.45, 7) is 5.41. The van der Waals surface area contributed by atoms with Crippen molar-refractivity contribution in [2.75, 3.05) is 29.0 Å². The second kappa shape index (κ2) is 10.1. The molecule has 1 saturated heterocycles. The number of amides is 1. The molecule has 1 amide bonds. The summed E-state index contributed by atoms with van der Waals surface area (Å²) in [5.74, 6) is -0.639. The van der Waals surface area contributed by atoms with E-state index in [0.717, 1.165) is 11.8 Å². The molecule has 0 aromatic heterocycles. The summed E-state index contributed by atoms with van der Waals surface area (Å²) in [4.78, 5) is 14.1. The first-order chi connectivity index (χ1) is 15.1. The number of carbonyl (C=O) groups is 1. The van der Waals surface area contributed by atoms with Gasteiger partial charge in [0.05, 0.1) is 24.2 Å². The third-order valence-electron chi connectivity index (χ3n) is 4.88. The topological polar surface area (TPSA) is 87.7 Å². The lowest BCUT2D eigenvalue weighted by Gasteiger charge is -2.37. The van der Waals surface area contributed by atoms with Gasteiger partial charge in [-0.1, -0.05) is 18.2 Å².